The molecule has 2 N–H and O–H groups in total. The first kappa shape index (κ1) is 16.7. The van der Waals surface area contributed by atoms with Crippen LogP contribution in [0.5, 0.6) is 0 Å². The summed E-state index contributed by atoms with van der Waals surface area (Å²) >= 11 is 0. The number of aliphatic hydroxyl groups is 1. The van der Waals surface area contributed by atoms with Gasteiger partial charge in [-0.05, 0) is 37.4 Å². The first-order valence-corrected chi connectivity index (χ1v) is 8.14. The van der Waals surface area contributed by atoms with E-state index in [2.05, 4.69) is 37.5 Å². The summed E-state index contributed by atoms with van der Waals surface area (Å²) in [4.78, 5) is 0. The zero-order chi connectivity index (χ0) is 15.9. The van der Waals surface area contributed by atoms with E-state index in [1.54, 1.807) is 0 Å². The van der Waals surface area contributed by atoms with Crippen LogP contribution in [-0.2, 0) is 6.54 Å². The Kier molecular flexibility index (Phi) is 6.16. The van der Waals surface area contributed by atoms with Crippen LogP contribution < -0.4 is 5.32 Å². The molecule has 0 aliphatic rings. The Morgan fingerprint density at radius 2 is 1.95 bits per heavy atom. The molecule has 2 aromatic rings. The number of aliphatic hydroxyl groups excluding tert-OH is 1. The fraction of sp³-hybridized carbons (Fsp3) is 0.500. The lowest BCUT2D eigenvalue weighted by Gasteiger charge is -2.09. The molecule has 2 rings (SSSR count). The molecule has 0 saturated carbocycles. The number of aromatic nitrogens is 2. The Balaban J connectivity index is 2.05. The second kappa shape index (κ2) is 8.11. The molecule has 0 fully saturated rings. The number of nitrogens with one attached hydrogen (secondary N) is 1. The molecule has 0 bridgehead atoms. The lowest BCUT2D eigenvalue weighted by molar-refractivity contribution is 0.159. The molecule has 1 unspecified atom stereocenters. The molecule has 22 heavy (non-hydrogen) atoms. The van der Waals surface area contributed by atoms with Crippen LogP contribution in [0.3, 0.4) is 0 Å². The van der Waals surface area contributed by atoms with Gasteiger partial charge in [-0.1, -0.05) is 39.0 Å². The van der Waals surface area contributed by atoms with Crippen LogP contribution >= 0.6 is 0 Å². The summed E-state index contributed by atoms with van der Waals surface area (Å²) in [6, 6.07) is 10.2. The summed E-state index contributed by atoms with van der Waals surface area (Å²) < 4.78 is 1.95. The standard InChI is InChI=1S/C18H27N3O/c1-4-17(22)10-11-19-12-15-13-21(20-18(15)14(2)3)16-8-6-5-7-9-16/h5-9,13-14,17,19,22H,4,10-12H2,1-3H3. The monoisotopic (exact) mass is 301 g/mol. The second-order valence-electron chi connectivity index (χ2n) is 6.00. The maximum Gasteiger partial charge on any atom is 0.0699 e. The van der Waals surface area contributed by atoms with Gasteiger partial charge in [-0.25, -0.2) is 4.68 Å². The van der Waals surface area contributed by atoms with Crippen molar-refractivity contribution in [3.63, 3.8) is 0 Å². The summed E-state index contributed by atoms with van der Waals surface area (Å²) in [6.45, 7) is 7.95. The second-order valence-corrected chi connectivity index (χ2v) is 6.00. The van der Waals surface area contributed by atoms with Gasteiger partial charge in [0.15, 0.2) is 0 Å². The number of benzene rings is 1. The number of para-hydroxylation sites is 1. The molecule has 0 aliphatic carbocycles. The van der Waals surface area contributed by atoms with Crippen molar-refractivity contribution in [3.8, 4) is 5.69 Å². The summed E-state index contributed by atoms with van der Waals surface area (Å²) in [5, 5.41) is 17.7. The quantitative estimate of drug-likeness (QED) is 0.736. The van der Waals surface area contributed by atoms with Gasteiger partial charge in [-0.2, -0.15) is 5.10 Å². The van der Waals surface area contributed by atoms with E-state index in [1.165, 1.54) is 5.56 Å². The average Bonchev–Trinajstić information content (AvgIpc) is 2.96. The van der Waals surface area contributed by atoms with Gasteiger partial charge in [0.25, 0.3) is 0 Å². The third-order valence-corrected chi connectivity index (χ3v) is 3.83. The predicted octanol–water partition coefficient (Wildman–Crippen LogP) is 3.25. The summed E-state index contributed by atoms with van der Waals surface area (Å²) in [6.07, 6.45) is 3.50. The highest BCUT2D eigenvalue weighted by molar-refractivity contribution is 5.33. The molecule has 0 spiro atoms. The van der Waals surface area contributed by atoms with E-state index in [0.717, 1.165) is 37.3 Å². The van der Waals surface area contributed by atoms with Crippen LogP contribution in [-0.4, -0.2) is 27.5 Å². The minimum atomic E-state index is -0.205. The van der Waals surface area contributed by atoms with E-state index in [4.69, 9.17) is 5.10 Å². The van der Waals surface area contributed by atoms with E-state index in [0.29, 0.717) is 5.92 Å². The number of hydrogen-bond acceptors (Lipinski definition) is 3. The molecule has 4 nitrogen and oxygen atoms in total. The van der Waals surface area contributed by atoms with Crippen molar-refractivity contribution in [2.75, 3.05) is 6.54 Å². The molecule has 4 heteroatoms. The van der Waals surface area contributed by atoms with Crippen LogP contribution in [0, 0.1) is 0 Å². The van der Waals surface area contributed by atoms with Crippen LogP contribution in [0.25, 0.3) is 5.69 Å². The number of rotatable bonds is 8. The van der Waals surface area contributed by atoms with Gasteiger partial charge in [0.05, 0.1) is 17.5 Å². The minimum Gasteiger partial charge on any atom is -0.393 e. The lowest BCUT2D eigenvalue weighted by Crippen LogP contribution is -2.20. The van der Waals surface area contributed by atoms with Crippen molar-refractivity contribution in [3.05, 3.63) is 47.8 Å². The van der Waals surface area contributed by atoms with Gasteiger partial charge in [-0.3, -0.25) is 0 Å². The fourth-order valence-corrected chi connectivity index (χ4v) is 2.45. The van der Waals surface area contributed by atoms with Gasteiger partial charge in [-0.15, -0.1) is 0 Å². The molecule has 1 aromatic carbocycles. The number of nitrogens with zero attached hydrogens (tertiary/aromatic N) is 2. The maximum absolute atomic E-state index is 9.59. The Labute approximate surface area is 133 Å². The molecule has 0 saturated heterocycles. The Bertz CT molecular complexity index is 563. The Morgan fingerprint density at radius 1 is 1.23 bits per heavy atom. The predicted molar refractivity (Wildman–Crippen MR) is 90.3 cm³/mol. The first-order valence-electron chi connectivity index (χ1n) is 8.14. The van der Waals surface area contributed by atoms with Gasteiger partial charge >= 0.3 is 0 Å². The summed E-state index contributed by atoms with van der Waals surface area (Å²) in [5.41, 5.74) is 3.44. The molecular weight excluding hydrogens is 274 g/mol. The van der Waals surface area contributed by atoms with Gasteiger partial charge in [0.2, 0.25) is 0 Å². The normalized spacial score (nSPS) is 12.8. The lowest BCUT2D eigenvalue weighted by atomic mass is 10.1. The minimum absolute atomic E-state index is 0.205. The van der Waals surface area contributed by atoms with Crippen molar-refractivity contribution in [1.29, 1.82) is 0 Å². The van der Waals surface area contributed by atoms with Crippen LogP contribution in [0.15, 0.2) is 36.5 Å². The largest absolute Gasteiger partial charge is 0.393 e. The van der Waals surface area contributed by atoms with Crippen molar-refractivity contribution in [1.82, 2.24) is 15.1 Å². The van der Waals surface area contributed by atoms with Gasteiger partial charge in [0, 0.05) is 18.3 Å². The summed E-state index contributed by atoms with van der Waals surface area (Å²) in [5.74, 6) is 0.392. The highest BCUT2D eigenvalue weighted by Crippen LogP contribution is 2.19. The molecule has 1 atom stereocenters. The zero-order valence-corrected chi connectivity index (χ0v) is 13.8. The first-order chi connectivity index (χ1) is 10.6. The highest BCUT2D eigenvalue weighted by Gasteiger charge is 2.13. The molecule has 1 heterocycles. The zero-order valence-electron chi connectivity index (χ0n) is 13.8. The van der Waals surface area contributed by atoms with Crippen molar-refractivity contribution >= 4 is 0 Å². The van der Waals surface area contributed by atoms with Gasteiger partial charge in [0.1, 0.15) is 0 Å². The van der Waals surface area contributed by atoms with E-state index >= 15 is 0 Å². The summed E-state index contributed by atoms with van der Waals surface area (Å²) in [7, 11) is 0. The molecular formula is C18H27N3O. The van der Waals surface area contributed by atoms with Crippen molar-refractivity contribution < 1.29 is 5.11 Å². The van der Waals surface area contributed by atoms with E-state index in [9.17, 15) is 5.11 Å². The van der Waals surface area contributed by atoms with Crippen LogP contribution in [0.1, 0.15) is 50.8 Å². The van der Waals surface area contributed by atoms with Crippen molar-refractivity contribution in [2.45, 2.75) is 52.2 Å². The van der Waals surface area contributed by atoms with Crippen LogP contribution in [0.2, 0.25) is 0 Å². The number of hydrogen-bond donors (Lipinski definition) is 2. The fourth-order valence-electron chi connectivity index (χ4n) is 2.45. The van der Waals surface area contributed by atoms with E-state index < -0.39 is 0 Å². The van der Waals surface area contributed by atoms with Crippen LogP contribution in [0.4, 0.5) is 0 Å². The molecule has 1 aromatic heterocycles. The molecule has 120 valence electrons. The van der Waals surface area contributed by atoms with E-state index in [-0.39, 0.29) is 6.10 Å². The van der Waals surface area contributed by atoms with E-state index in [1.807, 2.05) is 29.8 Å². The highest BCUT2D eigenvalue weighted by atomic mass is 16.3. The van der Waals surface area contributed by atoms with Gasteiger partial charge < -0.3 is 10.4 Å². The van der Waals surface area contributed by atoms with Crippen molar-refractivity contribution in [2.24, 2.45) is 0 Å². The Morgan fingerprint density at radius 3 is 2.59 bits per heavy atom. The average molecular weight is 301 g/mol. The molecule has 0 radical (unpaired) electrons. The molecule has 0 aliphatic heterocycles. The maximum atomic E-state index is 9.59. The topological polar surface area (TPSA) is 50.1 Å². The Hall–Kier alpha value is -1.65. The third-order valence-electron chi connectivity index (χ3n) is 3.83. The SMILES string of the molecule is CCC(O)CCNCc1cn(-c2ccccc2)nc1C(C)C. The smallest absolute Gasteiger partial charge is 0.0699 e. The molecule has 0 amide bonds. The third kappa shape index (κ3) is 4.42.